The lowest BCUT2D eigenvalue weighted by molar-refractivity contribution is -0.121. The molecule has 30 heavy (non-hydrogen) atoms. The third-order valence-corrected chi connectivity index (χ3v) is 5.46. The van der Waals surface area contributed by atoms with Crippen molar-refractivity contribution in [3.63, 3.8) is 0 Å². The Balaban J connectivity index is 1.56. The number of aryl methyl sites for hydroxylation is 2. The zero-order valence-electron chi connectivity index (χ0n) is 16.5. The summed E-state index contributed by atoms with van der Waals surface area (Å²) in [5.74, 6) is -1.19. The minimum Gasteiger partial charge on any atom is -0.322 e. The van der Waals surface area contributed by atoms with E-state index in [1.165, 1.54) is 9.58 Å². The van der Waals surface area contributed by atoms with Crippen LogP contribution in [0.5, 0.6) is 0 Å². The first kappa shape index (κ1) is 18.1. The second kappa shape index (κ2) is 6.55. The van der Waals surface area contributed by atoms with Crippen LogP contribution in [0.3, 0.4) is 0 Å². The molecule has 2 aromatic heterocycles. The molecular weight excluding hydrogens is 382 g/mol. The Bertz CT molecular complexity index is 1340. The molecule has 1 saturated heterocycles. The number of amides is 2. The maximum Gasteiger partial charge on any atom is 0.278 e. The van der Waals surface area contributed by atoms with E-state index >= 15 is 0 Å². The number of hydrogen-bond acceptors (Lipinski definition) is 4. The first-order valence-electron chi connectivity index (χ1n) is 9.64. The number of H-pyrrole nitrogens is 2. The largest absolute Gasteiger partial charge is 0.322 e. The maximum atomic E-state index is 13.2. The minimum atomic E-state index is -0.826. The second-order valence-electron chi connectivity index (χ2n) is 7.53. The number of imidazole rings is 1. The standard InChI is InChI=1S/C22H19N5O3/c1-12-6-5-7-14(10-12)26-18(28)11-15(20(26)29)19-13(2)25-27(21(19)30)22-23-16-8-3-4-9-17(16)24-22/h3-10,15,25H,11H2,1-2H3,(H,23,24). The highest BCUT2D eigenvalue weighted by molar-refractivity contribution is 6.22. The highest BCUT2D eigenvalue weighted by atomic mass is 16.2. The van der Waals surface area contributed by atoms with Gasteiger partial charge in [0.1, 0.15) is 0 Å². The van der Waals surface area contributed by atoms with Crippen molar-refractivity contribution in [1.82, 2.24) is 19.7 Å². The lowest BCUT2D eigenvalue weighted by atomic mass is 9.98. The van der Waals surface area contributed by atoms with Crippen molar-refractivity contribution in [3.8, 4) is 5.95 Å². The number of benzene rings is 2. The molecule has 0 saturated carbocycles. The molecule has 3 heterocycles. The van der Waals surface area contributed by atoms with Crippen molar-refractivity contribution in [2.45, 2.75) is 26.2 Å². The SMILES string of the molecule is Cc1cccc(N2C(=O)CC(c3c(C)[nH]n(-c4nc5ccccc5[nH]4)c3=O)C2=O)c1. The predicted molar refractivity (Wildman–Crippen MR) is 112 cm³/mol. The van der Waals surface area contributed by atoms with E-state index in [2.05, 4.69) is 15.1 Å². The molecule has 4 aromatic rings. The molecule has 0 aliphatic carbocycles. The van der Waals surface area contributed by atoms with Gasteiger partial charge in [0.2, 0.25) is 17.8 Å². The van der Waals surface area contributed by atoms with Crippen LogP contribution in [-0.2, 0) is 9.59 Å². The summed E-state index contributed by atoms with van der Waals surface area (Å²) in [5, 5.41) is 2.99. The number of para-hydroxylation sites is 2. The molecule has 8 heteroatoms. The van der Waals surface area contributed by atoms with Gasteiger partial charge in [-0.25, -0.2) is 9.88 Å². The van der Waals surface area contributed by atoms with Gasteiger partial charge in [0, 0.05) is 12.1 Å². The van der Waals surface area contributed by atoms with Crippen molar-refractivity contribution in [2.24, 2.45) is 0 Å². The van der Waals surface area contributed by atoms with Gasteiger partial charge in [0.25, 0.3) is 5.56 Å². The van der Waals surface area contributed by atoms with E-state index in [-0.39, 0.29) is 23.8 Å². The third-order valence-electron chi connectivity index (χ3n) is 5.46. The number of rotatable bonds is 3. The average molecular weight is 401 g/mol. The van der Waals surface area contributed by atoms with Crippen LogP contribution in [0.15, 0.2) is 53.3 Å². The number of anilines is 1. The highest BCUT2D eigenvalue weighted by Gasteiger charge is 2.43. The number of hydrogen-bond donors (Lipinski definition) is 2. The van der Waals surface area contributed by atoms with Crippen LogP contribution in [0.2, 0.25) is 0 Å². The lowest BCUT2D eigenvalue weighted by Gasteiger charge is -2.15. The van der Waals surface area contributed by atoms with Crippen molar-refractivity contribution < 1.29 is 9.59 Å². The summed E-state index contributed by atoms with van der Waals surface area (Å²) in [6.07, 6.45) is -0.0408. The molecule has 1 fully saturated rings. The number of carbonyl (C=O) groups excluding carboxylic acids is 2. The van der Waals surface area contributed by atoms with Crippen LogP contribution in [0.1, 0.15) is 29.2 Å². The van der Waals surface area contributed by atoms with Gasteiger partial charge in [0.15, 0.2) is 0 Å². The van der Waals surface area contributed by atoms with Gasteiger partial charge >= 0.3 is 0 Å². The van der Waals surface area contributed by atoms with Gasteiger partial charge in [0.05, 0.1) is 28.2 Å². The summed E-state index contributed by atoms with van der Waals surface area (Å²) in [5.41, 5.74) is 3.45. The van der Waals surface area contributed by atoms with Crippen molar-refractivity contribution >= 4 is 28.5 Å². The van der Waals surface area contributed by atoms with Gasteiger partial charge in [-0.3, -0.25) is 19.5 Å². The molecule has 2 N–H and O–H groups in total. The van der Waals surface area contributed by atoms with Crippen molar-refractivity contribution in [3.05, 3.63) is 75.7 Å². The normalized spacial score (nSPS) is 16.7. The Morgan fingerprint density at radius 2 is 1.83 bits per heavy atom. The van der Waals surface area contributed by atoms with Crippen molar-refractivity contribution in [1.29, 1.82) is 0 Å². The van der Waals surface area contributed by atoms with Gasteiger partial charge in [-0.05, 0) is 43.7 Å². The fourth-order valence-electron chi connectivity index (χ4n) is 4.06. The smallest absolute Gasteiger partial charge is 0.278 e. The summed E-state index contributed by atoms with van der Waals surface area (Å²) in [4.78, 5) is 47.7. The molecule has 2 amide bonds. The molecule has 150 valence electrons. The molecule has 0 bridgehead atoms. The fourth-order valence-corrected chi connectivity index (χ4v) is 4.06. The Kier molecular flexibility index (Phi) is 3.95. The monoisotopic (exact) mass is 401 g/mol. The van der Waals surface area contributed by atoms with Crippen LogP contribution >= 0.6 is 0 Å². The predicted octanol–water partition coefficient (Wildman–Crippen LogP) is 2.71. The zero-order chi connectivity index (χ0) is 21.0. The topological polar surface area (TPSA) is 104 Å². The molecule has 8 nitrogen and oxygen atoms in total. The van der Waals surface area contributed by atoms with E-state index in [0.29, 0.717) is 22.9 Å². The first-order chi connectivity index (χ1) is 14.4. The third kappa shape index (κ3) is 2.68. The summed E-state index contributed by atoms with van der Waals surface area (Å²) < 4.78 is 1.29. The van der Waals surface area contributed by atoms with Gasteiger partial charge in [-0.2, -0.15) is 4.68 Å². The maximum absolute atomic E-state index is 13.2. The Morgan fingerprint density at radius 1 is 1.03 bits per heavy atom. The van der Waals surface area contributed by atoms with Crippen LogP contribution < -0.4 is 10.5 Å². The fraction of sp³-hybridized carbons (Fsp3) is 0.182. The quantitative estimate of drug-likeness (QED) is 0.515. The Hall–Kier alpha value is -3.94. The molecule has 5 rings (SSSR count). The van der Waals surface area contributed by atoms with Gasteiger partial charge < -0.3 is 4.98 Å². The van der Waals surface area contributed by atoms with E-state index in [0.717, 1.165) is 16.6 Å². The molecule has 0 radical (unpaired) electrons. The van der Waals surface area contributed by atoms with Crippen LogP contribution in [0.25, 0.3) is 17.0 Å². The minimum absolute atomic E-state index is 0.0408. The first-order valence-corrected chi connectivity index (χ1v) is 9.64. The van der Waals surface area contributed by atoms with Crippen LogP contribution in [-0.4, -0.2) is 31.6 Å². The lowest BCUT2D eigenvalue weighted by Crippen LogP contribution is -2.31. The van der Waals surface area contributed by atoms with Gasteiger partial charge in [-0.15, -0.1) is 0 Å². The van der Waals surface area contributed by atoms with E-state index in [4.69, 9.17) is 0 Å². The Morgan fingerprint density at radius 3 is 2.60 bits per heavy atom. The molecule has 1 atom stereocenters. The Labute approximate surface area is 171 Å². The molecule has 0 spiro atoms. The van der Waals surface area contributed by atoms with E-state index in [9.17, 15) is 14.4 Å². The summed E-state index contributed by atoms with van der Waals surface area (Å²) in [6.45, 7) is 3.62. The number of aromatic nitrogens is 4. The van der Waals surface area contributed by atoms with E-state index in [1.54, 1.807) is 25.1 Å². The number of nitrogens with zero attached hydrogens (tertiary/aromatic N) is 3. The average Bonchev–Trinajstić information content (AvgIpc) is 3.35. The van der Waals surface area contributed by atoms with E-state index in [1.807, 2.05) is 37.3 Å². The summed E-state index contributed by atoms with van der Waals surface area (Å²) >= 11 is 0. The molecule has 2 aromatic carbocycles. The van der Waals surface area contributed by atoms with Gasteiger partial charge in [-0.1, -0.05) is 24.3 Å². The number of aromatic amines is 2. The number of carbonyl (C=O) groups is 2. The number of imide groups is 1. The van der Waals surface area contributed by atoms with E-state index < -0.39 is 5.92 Å². The second-order valence-corrected chi connectivity index (χ2v) is 7.53. The molecular formula is C22H19N5O3. The van der Waals surface area contributed by atoms with Crippen LogP contribution in [0.4, 0.5) is 5.69 Å². The zero-order valence-corrected chi connectivity index (χ0v) is 16.5. The van der Waals surface area contributed by atoms with Crippen molar-refractivity contribution in [2.75, 3.05) is 4.90 Å². The molecule has 1 unspecified atom stereocenters. The van der Waals surface area contributed by atoms with Crippen LogP contribution in [0, 0.1) is 13.8 Å². The molecule has 1 aliphatic heterocycles. The number of fused-ring (bicyclic) bond motifs is 1. The summed E-state index contributed by atoms with van der Waals surface area (Å²) in [7, 11) is 0. The summed E-state index contributed by atoms with van der Waals surface area (Å²) in [6, 6.07) is 14.7. The highest BCUT2D eigenvalue weighted by Crippen LogP contribution is 2.33. The molecule has 1 aliphatic rings. The number of nitrogens with one attached hydrogen (secondary N) is 2.